The summed E-state index contributed by atoms with van der Waals surface area (Å²) in [6, 6.07) is 5.59. The molecule has 1 N–H and O–H groups in total. The molecule has 0 spiro atoms. The summed E-state index contributed by atoms with van der Waals surface area (Å²) in [6.45, 7) is 0.768. The van der Waals surface area contributed by atoms with Crippen molar-refractivity contribution in [3.8, 4) is 0 Å². The average molecular weight is 367 g/mol. The van der Waals surface area contributed by atoms with Crippen LogP contribution in [0.5, 0.6) is 0 Å². The summed E-state index contributed by atoms with van der Waals surface area (Å²) in [4.78, 5) is 25.8. The molecular weight excluding hydrogens is 346 g/mol. The summed E-state index contributed by atoms with van der Waals surface area (Å²) in [7, 11) is -0.655. The Hall–Kier alpha value is -1.97. The van der Waals surface area contributed by atoms with Gasteiger partial charge in [0.1, 0.15) is 0 Å². The predicted octanol–water partition coefficient (Wildman–Crippen LogP) is -0.476. The fraction of sp³-hybridized carbons (Fsp3) is 0.500. The molecule has 25 heavy (non-hydrogen) atoms. The lowest BCUT2D eigenvalue weighted by molar-refractivity contribution is -0.133. The molecule has 2 aliphatic rings. The van der Waals surface area contributed by atoms with Gasteiger partial charge in [0.15, 0.2) is 0 Å². The Morgan fingerprint density at radius 3 is 2.76 bits per heavy atom. The van der Waals surface area contributed by atoms with E-state index in [2.05, 4.69) is 5.32 Å². The minimum atomic E-state index is -3.82. The van der Waals surface area contributed by atoms with Crippen LogP contribution < -0.4 is 5.32 Å². The van der Waals surface area contributed by atoms with Gasteiger partial charge in [-0.1, -0.05) is 6.07 Å². The van der Waals surface area contributed by atoms with Gasteiger partial charge in [-0.25, -0.2) is 8.42 Å². The van der Waals surface area contributed by atoms with Crippen molar-refractivity contribution in [2.45, 2.75) is 10.9 Å². The summed E-state index contributed by atoms with van der Waals surface area (Å²) < 4.78 is 33.0. The van der Waals surface area contributed by atoms with Gasteiger partial charge in [0.05, 0.1) is 30.1 Å². The van der Waals surface area contributed by atoms with Crippen molar-refractivity contribution in [3.63, 3.8) is 0 Å². The number of likely N-dealkylation sites (N-methyl/N-ethyl adjacent to an activating group) is 1. The number of rotatable bonds is 3. The largest absolute Gasteiger partial charge is 0.378 e. The molecular formula is C16H21N3O5S. The Kier molecular flexibility index (Phi) is 4.81. The quantitative estimate of drug-likeness (QED) is 0.779. The van der Waals surface area contributed by atoms with Gasteiger partial charge in [-0.05, 0) is 18.2 Å². The van der Waals surface area contributed by atoms with Crippen molar-refractivity contribution in [3.05, 3.63) is 29.8 Å². The van der Waals surface area contributed by atoms with Crippen LogP contribution in [0.3, 0.4) is 0 Å². The van der Waals surface area contributed by atoms with Gasteiger partial charge in [0.2, 0.25) is 15.9 Å². The number of hydrogen-bond acceptors (Lipinski definition) is 5. The Labute approximate surface area is 146 Å². The number of ether oxygens (including phenoxy) is 1. The van der Waals surface area contributed by atoms with E-state index < -0.39 is 15.9 Å². The molecule has 2 aliphatic heterocycles. The Morgan fingerprint density at radius 2 is 2.04 bits per heavy atom. The van der Waals surface area contributed by atoms with Gasteiger partial charge < -0.3 is 15.0 Å². The van der Waals surface area contributed by atoms with Gasteiger partial charge in [-0.2, -0.15) is 4.31 Å². The second-order valence-electron chi connectivity index (χ2n) is 6.27. The first-order chi connectivity index (χ1) is 11.8. The third kappa shape index (κ3) is 3.26. The van der Waals surface area contributed by atoms with E-state index in [0.29, 0.717) is 6.61 Å². The molecule has 1 aromatic rings. The van der Waals surface area contributed by atoms with Crippen LogP contribution in [-0.4, -0.2) is 75.9 Å². The minimum absolute atomic E-state index is 0.0459. The second-order valence-corrected chi connectivity index (χ2v) is 8.20. The fourth-order valence-electron chi connectivity index (χ4n) is 3.15. The zero-order valence-electron chi connectivity index (χ0n) is 14.1. The van der Waals surface area contributed by atoms with Crippen LogP contribution in [0.2, 0.25) is 0 Å². The zero-order chi connectivity index (χ0) is 18.2. The Bertz CT molecular complexity index is 795. The van der Waals surface area contributed by atoms with E-state index in [1.54, 1.807) is 18.0 Å². The topological polar surface area (TPSA) is 96.0 Å². The van der Waals surface area contributed by atoms with E-state index in [-0.39, 0.29) is 48.0 Å². The first-order valence-electron chi connectivity index (χ1n) is 8.01. The molecule has 0 radical (unpaired) electrons. The molecule has 0 unspecified atom stereocenters. The van der Waals surface area contributed by atoms with Crippen molar-refractivity contribution in [1.82, 2.24) is 14.5 Å². The third-order valence-corrected chi connectivity index (χ3v) is 6.50. The lowest BCUT2D eigenvalue weighted by Crippen LogP contribution is -2.45. The summed E-state index contributed by atoms with van der Waals surface area (Å²) in [5.74, 6) is -0.971. The van der Waals surface area contributed by atoms with E-state index in [1.807, 2.05) is 0 Å². The molecule has 0 aromatic heterocycles. The average Bonchev–Trinajstić information content (AvgIpc) is 2.79. The molecule has 2 heterocycles. The van der Waals surface area contributed by atoms with Crippen LogP contribution in [0.15, 0.2) is 29.2 Å². The molecule has 2 amide bonds. The highest BCUT2D eigenvalue weighted by atomic mass is 32.2. The van der Waals surface area contributed by atoms with Crippen LogP contribution in [0.25, 0.3) is 0 Å². The van der Waals surface area contributed by atoms with Crippen LogP contribution >= 0.6 is 0 Å². The summed E-state index contributed by atoms with van der Waals surface area (Å²) in [5.41, 5.74) is 0.273. The molecule has 9 heteroatoms. The highest BCUT2D eigenvalue weighted by Crippen LogP contribution is 2.25. The van der Waals surface area contributed by atoms with E-state index in [1.165, 1.54) is 29.6 Å². The van der Waals surface area contributed by atoms with Crippen LogP contribution in [0, 0.1) is 5.92 Å². The van der Waals surface area contributed by atoms with Crippen molar-refractivity contribution in [2.24, 2.45) is 5.92 Å². The zero-order valence-corrected chi connectivity index (χ0v) is 15.0. The van der Waals surface area contributed by atoms with E-state index >= 15 is 0 Å². The predicted molar refractivity (Wildman–Crippen MR) is 89.5 cm³/mol. The van der Waals surface area contributed by atoms with Crippen molar-refractivity contribution in [2.75, 3.05) is 40.4 Å². The van der Waals surface area contributed by atoms with Crippen molar-refractivity contribution in [1.29, 1.82) is 0 Å². The maximum Gasteiger partial charge on any atom is 0.251 e. The molecule has 1 aromatic carbocycles. The SMILES string of the molecule is CNC(=O)c1cccc(S(=O)(=O)N2C[C@@H]3COC[C@H](C2)N(C)C3=O)c1. The number of sulfonamides is 1. The molecule has 2 saturated heterocycles. The monoisotopic (exact) mass is 367 g/mol. The normalized spacial score (nSPS) is 24.7. The first kappa shape index (κ1) is 17.8. The van der Waals surface area contributed by atoms with E-state index in [0.717, 1.165) is 0 Å². The highest BCUT2D eigenvalue weighted by Gasteiger charge is 2.41. The van der Waals surface area contributed by atoms with Crippen LogP contribution in [-0.2, 0) is 19.6 Å². The molecule has 136 valence electrons. The summed E-state index contributed by atoms with van der Waals surface area (Å²) in [6.07, 6.45) is 0. The Balaban J connectivity index is 1.95. The molecule has 2 bridgehead atoms. The second kappa shape index (κ2) is 6.74. The van der Waals surface area contributed by atoms with E-state index in [4.69, 9.17) is 4.74 Å². The fourth-order valence-corrected chi connectivity index (χ4v) is 4.72. The number of amides is 2. The van der Waals surface area contributed by atoms with E-state index in [9.17, 15) is 18.0 Å². The number of carbonyl (C=O) groups is 2. The van der Waals surface area contributed by atoms with Crippen molar-refractivity contribution < 1.29 is 22.7 Å². The lowest BCUT2D eigenvalue weighted by atomic mass is 10.1. The lowest BCUT2D eigenvalue weighted by Gasteiger charge is -2.28. The third-order valence-electron chi connectivity index (χ3n) is 4.67. The molecule has 0 aliphatic carbocycles. The van der Waals surface area contributed by atoms with Gasteiger partial charge in [-0.3, -0.25) is 9.59 Å². The van der Waals surface area contributed by atoms with Gasteiger partial charge in [-0.15, -0.1) is 0 Å². The van der Waals surface area contributed by atoms with Crippen LogP contribution in [0.1, 0.15) is 10.4 Å². The Morgan fingerprint density at radius 1 is 1.28 bits per heavy atom. The minimum Gasteiger partial charge on any atom is -0.378 e. The number of fused-ring (bicyclic) bond motifs is 3. The summed E-state index contributed by atoms with van der Waals surface area (Å²) in [5, 5.41) is 2.48. The smallest absolute Gasteiger partial charge is 0.251 e. The molecule has 2 atom stereocenters. The maximum absolute atomic E-state index is 13.1. The highest BCUT2D eigenvalue weighted by molar-refractivity contribution is 7.89. The molecule has 0 saturated carbocycles. The van der Waals surface area contributed by atoms with Crippen molar-refractivity contribution >= 4 is 21.8 Å². The summed E-state index contributed by atoms with van der Waals surface area (Å²) >= 11 is 0. The number of nitrogens with zero attached hydrogens (tertiary/aromatic N) is 2. The number of carbonyl (C=O) groups excluding carboxylic acids is 2. The number of hydrogen-bond donors (Lipinski definition) is 1. The molecule has 3 rings (SSSR count). The number of nitrogens with one attached hydrogen (secondary N) is 1. The van der Waals surface area contributed by atoms with Gasteiger partial charge in [0.25, 0.3) is 5.91 Å². The molecule has 8 nitrogen and oxygen atoms in total. The molecule has 2 fully saturated rings. The van der Waals surface area contributed by atoms with Gasteiger partial charge in [0, 0.05) is 32.7 Å². The van der Waals surface area contributed by atoms with Crippen LogP contribution in [0.4, 0.5) is 0 Å². The van der Waals surface area contributed by atoms with Gasteiger partial charge >= 0.3 is 0 Å². The standard InChI is InChI=1S/C16H21N3O5S/c1-17-15(20)11-4-3-5-14(6-11)25(22,23)19-7-12-9-24-10-13(8-19)18(2)16(12)21/h3-6,12-13H,7-10H2,1-2H3,(H,17,20)/t12-,13+/m1/s1. The first-order valence-corrected chi connectivity index (χ1v) is 9.45. The number of benzene rings is 1. The maximum atomic E-state index is 13.1.